The van der Waals surface area contributed by atoms with Gasteiger partial charge in [0.2, 0.25) is 17.6 Å². The topological polar surface area (TPSA) is 112 Å². The van der Waals surface area contributed by atoms with Gasteiger partial charge >= 0.3 is 0 Å². The fraction of sp³-hybridized carbons (Fsp3) is 0.375. The summed E-state index contributed by atoms with van der Waals surface area (Å²) in [5.41, 5.74) is 2.04. The van der Waals surface area contributed by atoms with Gasteiger partial charge in [0, 0.05) is 18.5 Å². The number of aromatic nitrogens is 6. The van der Waals surface area contributed by atoms with E-state index in [4.69, 9.17) is 4.52 Å². The Morgan fingerprint density at radius 2 is 2.12 bits per heavy atom. The molecule has 9 heteroatoms. The number of aryl methyl sites for hydroxylation is 2. The van der Waals surface area contributed by atoms with Gasteiger partial charge in [-0.2, -0.15) is 4.98 Å². The molecule has 130 valence electrons. The molecular formula is C16H19N7O2. The van der Waals surface area contributed by atoms with Crippen molar-refractivity contribution in [2.24, 2.45) is 0 Å². The highest BCUT2D eigenvalue weighted by Gasteiger charge is 2.17. The summed E-state index contributed by atoms with van der Waals surface area (Å²) in [6.45, 7) is 4.42. The number of benzene rings is 1. The number of carbonyl (C=O) groups excluding carboxylic acids is 1. The van der Waals surface area contributed by atoms with E-state index >= 15 is 0 Å². The largest absolute Gasteiger partial charge is 0.345 e. The second-order valence-electron chi connectivity index (χ2n) is 5.79. The van der Waals surface area contributed by atoms with Crippen LogP contribution >= 0.6 is 0 Å². The predicted molar refractivity (Wildman–Crippen MR) is 88.1 cm³/mol. The molecule has 0 saturated carbocycles. The molecule has 1 N–H and O–H groups in total. The number of rotatable bonds is 7. The Morgan fingerprint density at radius 3 is 2.84 bits per heavy atom. The fourth-order valence-corrected chi connectivity index (χ4v) is 2.29. The first kappa shape index (κ1) is 16.7. The lowest BCUT2D eigenvalue weighted by molar-refractivity contribution is -0.122. The molecule has 3 rings (SSSR count). The van der Waals surface area contributed by atoms with E-state index in [0.29, 0.717) is 31.1 Å². The zero-order valence-corrected chi connectivity index (χ0v) is 14.1. The lowest BCUT2D eigenvalue weighted by Gasteiger charge is -2.09. The molecule has 0 aliphatic carbocycles. The smallest absolute Gasteiger partial charge is 0.249 e. The molecule has 1 atom stereocenters. The number of hydrogen-bond acceptors (Lipinski definition) is 7. The monoisotopic (exact) mass is 341 g/mol. The molecule has 0 aliphatic heterocycles. The second kappa shape index (κ2) is 7.65. The molecule has 0 unspecified atom stereocenters. The van der Waals surface area contributed by atoms with Gasteiger partial charge in [-0.3, -0.25) is 4.79 Å². The number of amides is 1. The highest BCUT2D eigenvalue weighted by atomic mass is 16.5. The third kappa shape index (κ3) is 4.46. The fourth-order valence-electron chi connectivity index (χ4n) is 2.29. The van der Waals surface area contributed by atoms with Crippen molar-refractivity contribution in [1.82, 2.24) is 35.7 Å². The molecule has 0 fully saturated rings. The van der Waals surface area contributed by atoms with E-state index in [1.807, 2.05) is 38.1 Å². The number of nitrogens with zero attached hydrogens (tertiary/aromatic N) is 6. The minimum absolute atomic E-state index is 0.0874. The maximum Gasteiger partial charge on any atom is 0.249 e. The van der Waals surface area contributed by atoms with Crippen LogP contribution in [0.2, 0.25) is 0 Å². The van der Waals surface area contributed by atoms with Crippen LogP contribution in [0.1, 0.15) is 37.3 Å². The number of carbonyl (C=O) groups is 1. The molecule has 1 amide bonds. The van der Waals surface area contributed by atoms with Gasteiger partial charge in [0.25, 0.3) is 0 Å². The quantitative estimate of drug-likeness (QED) is 0.696. The summed E-state index contributed by atoms with van der Waals surface area (Å²) < 4.78 is 6.85. The van der Waals surface area contributed by atoms with Crippen molar-refractivity contribution in [2.75, 3.05) is 0 Å². The minimum Gasteiger partial charge on any atom is -0.345 e. The zero-order valence-electron chi connectivity index (χ0n) is 14.1. The summed E-state index contributed by atoms with van der Waals surface area (Å²) >= 11 is 0. The number of tetrazole rings is 1. The summed E-state index contributed by atoms with van der Waals surface area (Å²) in [5, 5.41) is 17.7. The Hall–Kier alpha value is -3.10. The van der Waals surface area contributed by atoms with E-state index in [-0.39, 0.29) is 11.9 Å². The zero-order chi connectivity index (χ0) is 17.6. The molecule has 0 spiro atoms. The van der Waals surface area contributed by atoms with Crippen LogP contribution in [0, 0.1) is 6.92 Å². The van der Waals surface area contributed by atoms with Gasteiger partial charge in [0.05, 0.1) is 0 Å². The predicted octanol–water partition coefficient (Wildman–Crippen LogP) is 1.69. The molecule has 0 bridgehead atoms. The van der Waals surface area contributed by atoms with Gasteiger partial charge in [-0.25, -0.2) is 4.68 Å². The van der Waals surface area contributed by atoms with E-state index in [2.05, 4.69) is 31.0 Å². The first-order chi connectivity index (χ1) is 12.1. The molecule has 0 aliphatic rings. The van der Waals surface area contributed by atoms with E-state index in [1.54, 1.807) is 4.68 Å². The highest BCUT2D eigenvalue weighted by Crippen LogP contribution is 2.19. The SMILES string of the molecule is Cc1ccc(-c2noc([C@@H](C)NC(=O)CCCn3cnnn3)n2)cc1. The van der Waals surface area contributed by atoms with Crippen molar-refractivity contribution in [1.29, 1.82) is 0 Å². The third-order valence-corrected chi connectivity index (χ3v) is 3.68. The molecule has 0 radical (unpaired) electrons. The molecule has 2 aromatic heterocycles. The average molecular weight is 341 g/mol. The van der Waals surface area contributed by atoms with Crippen LogP contribution in [0.5, 0.6) is 0 Å². The van der Waals surface area contributed by atoms with Crippen LogP contribution in [0.25, 0.3) is 11.4 Å². The van der Waals surface area contributed by atoms with Gasteiger partial charge in [-0.1, -0.05) is 35.0 Å². The highest BCUT2D eigenvalue weighted by molar-refractivity contribution is 5.76. The Labute approximate surface area is 144 Å². The van der Waals surface area contributed by atoms with Crippen LogP contribution < -0.4 is 5.32 Å². The third-order valence-electron chi connectivity index (χ3n) is 3.68. The molecule has 9 nitrogen and oxygen atoms in total. The van der Waals surface area contributed by atoms with Crippen molar-refractivity contribution in [3.8, 4) is 11.4 Å². The normalized spacial score (nSPS) is 12.1. The summed E-state index contributed by atoms with van der Waals surface area (Å²) in [5.74, 6) is 0.801. The second-order valence-corrected chi connectivity index (χ2v) is 5.79. The molecule has 1 aromatic carbocycles. The molecule has 0 saturated heterocycles. The number of nitrogens with one attached hydrogen (secondary N) is 1. The summed E-state index contributed by atoms with van der Waals surface area (Å²) in [7, 11) is 0. The molecule has 3 aromatic rings. The Balaban J connectivity index is 1.51. The molecule has 2 heterocycles. The van der Waals surface area contributed by atoms with Crippen molar-refractivity contribution in [3.05, 3.63) is 42.0 Å². The standard InChI is InChI=1S/C16H19N7O2/c1-11-5-7-13(8-6-11)15-19-16(25-20-15)12(2)18-14(24)4-3-9-23-10-17-21-22-23/h5-8,10,12H,3-4,9H2,1-2H3,(H,18,24)/t12-/m1/s1. The van der Waals surface area contributed by atoms with E-state index in [0.717, 1.165) is 11.1 Å². The van der Waals surface area contributed by atoms with Crippen LogP contribution in [0.3, 0.4) is 0 Å². The maximum atomic E-state index is 12.0. The lowest BCUT2D eigenvalue weighted by Crippen LogP contribution is -2.26. The Bertz CT molecular complexity index is 811. The van der Waals surface area contributed by atoms with Crippen LogP contribution in [0.4, 0.5) is 0 Å². The minimum atomic E-state index is -0.354. The van der Waals surface area contributed by atoms with Crippen LogP contribution in [-0.2, 0) is 11.3 Å². The Morgan fingerprint density at radius 1 is 1.32 bits per heavy atom. The van der Waals surface area contributed by atoms with Crippen LogP contribution in [-0.4, -0.2) is 36.3 Å². The van der Waals surface area contributed by atoms with Gasteiger partial charge in [0.15, 0.2) is 0 Å². The van der Waals surface area contributed by atoms with Gasteiger partial charge in [0.1, 0.15) is 12.4 Å². The summed E-state index contributed by atoms with van der Waals surface area (Å²) in [6, 6.07) is 7.49. The Kier molecular flexibility index (Phi) is 5.12. The van der Waals surface area contributed by atoms with Gasteiger partial charge < -0.3 is 9.84 Å². The van der Waals surface area contributed by atoms with Crippen molar-refractivity contribution in [2.45, 2.75) is 39.3 Å². The van der Waals surface area contributed by atoms with Gasteiger partial charge in [-0.15, -0.1) is 5.10 Å². The first-order valence-electron chi connectivity index (χ1n) is 8.02. The molecule has 25 heavy (non-hydrogen) atoms. The number of hydrogen-bond donors (Lipinski definition) is 1. The maximum absolute atomic E-state index is 12.0. The van der Waals surface area contributed by atoms with Crippen molar-refractivity contribution >= 4 is 5.91 Å². The lowest BCUT2D eigenvalue weighted by atomic mass is 10.1. The molecular weight excluding hydrogens is 322 g/mol. The van der Waals surface area contributed by atoms with Crippen molar-refractivity contribution < 1.29 is 9.32 Å². The van der Waals surface area contributed by atoms with E-state index in [1.165, 1.54) is 6.33 Å². The summed E-state index contributed by atoms with van der Waals surface area (Å²) in [6.07, 6.45) is 2.52. The van der Waals surface area contributed by atoms with Gasteiger partial charge in [-0.05, 0) is 30.7 Å². The first-order valence-corrected chi connectivity index (χ1v) is 8.02. The van der Waals surface area contributed by atoms with E-state index < -0.39 is 0 Å². The van der Waals surface area contributed by atoms with E-state index in [9.17, 15) is 4.79 Å². The van der Waals surface area contributed by atoms with Crippen molar-refractivity contribution in [3.63, 3.8) is 0 Å². The average Bonchev–Trinajstić information content (AvgIpc) is 3.27. The summed E-state index contributed by atoms with van der Waals surface area (Å²) in [4.78, 5) is 16.4. The van der Waals surface area contributed by atoms with Crippen LogP contribution in [0.15, 0.2) is 35.1 Å².